The molecule has 1 heterocycles. The van der Waals surface area contributed by atoms with Crippen molar-refractivity contribution in [1.82, 2.24) is 10.6 Å². The molecule has 2 N–H and O–H groups in total. The van der Waals surface area contributed by atoms with Gasteiger partial charge in [-0.25, -0.2) is 0 Å². The summed E-state index contributed by atoms with van der Waals surface area (Å²) in [6.07, 6.45) is 3.76. The quantitative estimate of drug-likeness (QED) is 0.580. The first-order chi connectivity index (χ1) is 14.1. The van der Waals surface area contributed by atoms with Gasteiger partial charge in [-0.15, -0.1) is 0 Å². The minimum absolute atomic E-state index is 0.125. The molecule has 29 heavy (non-hydrogen) atoms. The molecule has 0 aliphatic rings. The van der Waals surface area contributed by atoms with E-state index in [1.54, 1.807) is 24.3 Å². The van der Waals surface area contributed by atoms with Gasteiger partial charge in [0.2, 0.25) is 0 Å². The lowest BCUT2D eigenvalue weighted by molar-refractivity contribution is -0.118. The van der Waals surface area contributed by atoms with Crippen LogP contribution in [-0.4, -0.2) is 11.8 Å². The first-order valence-corrected chi connectivity index (χ1v) is 9.56. The fraction of sp³-hybridized carbons (Fsp3) is 0.167. The lowest BCUT2D eigenvalue weighted by Crippen LogP contribution is -2.36. The monoisotopic (exact) mass is 388 g/mol. The maximum Gasteiger partial charge on any atom is 0.268 e. The second-order valence-electron chi connectivity index (χ2n) is 6.74. The van der Waals surface area contributed by atoms with Gasteiger partial charge in [-0.2, -0.15) is 0 Å². The Bertz CT molecular complexity index is 975. The van der Waals surface area contributed by atoms with Crippen molar-refractivity contribution in [3.63, 3.8) is 0 Å². The van der Waals surface area contributed by atoms with E-state index < -0.39 is 0 Å². The van der Waals surface area contributed by atoms with Gasteiger partial charge in [0.25, 0.3) is 11.8 Å². The van der Waals surface area contributed by atoms with Crippen molar-refractivity contribution in [2.75, 3.05) is 0 Å². The summed E-state index contributed by atoms with van der Waals surface area (Å²) in [5, 5.41) is 5.72. The van der Waals surface area contributed by atoms with Crippen molar-refractivity contribution < 1.29 is 14.0 Å². The maximum atomic E-state index is 13.0. The van der Waals surface area contributed by atoms with E-state index in [4.69, 9.17) is 4.42 Å². The molecular formula is C24H24N2O3. The molecule has 0 unspecified atom stereocenters. The molecule has 3 aromatic rings. The third-order valence-corrected chi connectivity index (χ3v) is 4.55. The lowest BCUT2D eigenvalue weighted by Gasteiger charge is -2.19. The zero-order valence-electron chi connectivity index (χ0n) is 16.5. The molecule has 3 rings (SSSR count). The first-order valence-electron chi connectivity index (χ1n) is 9.56. The third-order valence-electron chi connectivity index (χ3n) is 4.55. The number of furan rings is 1. The highest BCUT2D eigenvalue weighted by Crippen LogP contribution is 2.17. The molecule has 148 valence electrons. The summed E-state index contributed by atoms with van der Waals surface area (Å²) < 4.78 is 5.33. The number of hydrogen-bond donors (Lipinski definition) is 2. The van der Waals surface area contributed by atoms with E-state index in [1.165, 1.54) is 12.3 Å². The van der Waals surface area contributed by atoms with E-state index >= 15 is 0 Å². The Morgan fingerprint density at radius 2 is 1.72 bits per heavy atom. The summed E-state index contributed by atoms with van der Waals surface area (Å²) in [6, 6.07) is 20.2. The minimum atomic E-state index is -0.377. The highest BCUT2D eigenvalue weighted by Gasteiger charge is 2.19. The summed E-state index contributed by atoms with van der Waals surface area (Å²) in [6.45, 7) is 3.95. The standard InChI is InChI=1S/C24H24N2O3/c1-3-21(18-8-5-4-6-9-18)25-24(28)22(16-20-10-7-15-29-20)26-23(27)19-13-11-17(2)12-14-19/h4-16,21H,3H2,1-2H3,(H,25,28)(H,26,27)/b22-16-/t21-/m1/s1. The SMILES string of the molecule is CC[C@@H](NC(=O)/C(=C/c1ccco1)NC(=O)c1ccc(C)cc1)c1ccccc1. The molecule has 1 atom stereocenters. The zero-order valence-corrected chi connectivity index (χ0v) is 16.5. The molecule has 0 fully saturated rings. The van der Waals surface area contributed by atoms with Gasteiger partial charge in [-0.3, -0.25) is 9.59 Å². The first kappa shape index (κ1) is 20.1. The van der Waals surface area contributed by atoms with Crippen molar-refractivity contribution >= 4 is 17.9 Å². The van der Waals surface area contributed by atoms with Crippen LogP contribution in [0.3, 0.4) is 0 Å². The average Bonchev–Trinajstić information content (AvgIpc) is 3.25. The van der Waals surface area contributed by atoms with Crippen molar-refractivity contribution in [2.45, 2.75) is 26.3 Å². The second kappa shape index (κ2) is 9.55. The molecule has 1 aromatic heterocycles. The molecule has 0 aliphatic heterocycles. The molecule has 0 bridgehead atoms. The largest absolute Gasteiger partial charge is 0.465 e. The molecule has 5 nitrogen and oxygen atoms in total. The van der Waals surface area contributed by atoms with E-state index in [9.17, 15) is 9.59 Å². The smallest absolute Gasteiger partial charge is 0.268 e. The van der Waals surface area contributed by atoms with Crippen LogP contribution in [0.15, 0.2) is 83.1 Å². The van der Waals surface area contributed by atoms with Crippen LogP contribution in [0.5, 0.6) is 0 Å². The predicted molar refractivity (Wildman–Crippen MR) is 113 cm³/mol. The lowest BCUT2D eigenvalue weighted by atomic mass is 10.0. The van der Waals surface area contributed by atoms with Gasteiger partial charge < -0.3 is 15.1 Å². The Balaban J connectivity index is 1.82. The average molecular weight is 388 g/mol. The van der Waals surface area contributed by atoms with Gasteiger partial charge in [-0.05, 0) is 43.2 Å². The van der Waals surface area contributed by atoms with Crippen LogP contribution >= 0.6 is 0 Å². The summed E-state index contributed by atoms with van der Waals surface area (Å²) in [5.41, 5.74) is 2.66. The molecule has 2 aromatic carbocycles. The Labute approximate surface area is 170 Å². The van der Waals surface area contributed by atoms with E-state index in [-0.39, 0.29) is 23.6 Å². The van der Waals surface area contributed by atoms with Crippen molar-refractivity contribution in [1.29, 1.82) is 0 Å². The van der Waals surface area contributed by atoms with Crippen LogP contribution in [0, 0.1) is 6.92 Å². The van der Waals surface area contributed by atoms with Crippen LogP contribution in [0.2, 0.25) is 0 Å². The van der Waals surface area contributed by atoms with Gasteiger partial charge in [0, 0.05) is 11.6 Å². The Morgan fingerprint density at radius 1 is 1.00 bits per heavy atom. The van der Waals surface area contributed by atoms with Crippen LogP contribution in [-0.2, 0) is 4.79 Å². The molecule has 5 heteroatoms. The van der Waals surface area contributed by atoms with Crippen LogP contribution < -0.4 is 10.6 Å². The molecule has 0 aliphatic carbocycles. The van der Waals surface area contributed by atoms with E-state index in [1.807, 2.05) is 56.3 Å². The predicted octanol–water partition coefficient (Wildman–Crippen LogP) is 4.63. The van der Waals surface area contributed by atoms with Crippen LogP contribution in [0.25, 0.3) is 6.08 Å². The minimum Gasteiger partial charge on any atom is -0.465 e. The topological polar surface area (TPSA) is 71.3 Å². The van der Waals surface area contributed by atoms with E-state index in [2.05, 4.69) is 10.6 Å². The normalized spacial score (nSPS) is 12.3. The number of rotatable bonds is 7. The van der Waals surface area contributed by atoms with Gasteiger partial charge in [0.15, 0.2) is 0 Å². The van der Waals surface area contributed by atoms with E-state index in [0.29, 0.717) is 11.3 Å². The van der Waals surface area contributed by atoms with Gasteiger partial charge in [0.1, 0.15) is 11.5 Å². The third kappa shape index (κ3) is 5.45. The van der Waals surface area contributed by atoms with Gasteiger partial charge in [0.05, 0.1) is 12.3 Å². The molecule has 0 saturated carbocycles. The van der Waals surface area contributed by atoms with Crippen LogP contribution in [0.1, 0.15) is 46.6 Å². The fourth-order valence-corrected chi connectivity index (χ4v) is 2.92. The van der Waals surface area contributed by atoms with Gasteiger partial charge >= 0.3 is 0 Å². The molecule has 2 amide bonds. The van der Waals surface area contributed by atoms with Crippen molar-refractivity contribution in [3.05, 3.63) is 101 Å². The Morgan fingerprint density at radius 3 is 2.34 bits per heavy atom. The number of nitrogens with one attached hydrogen (secondary N) is 2. The zero-order chi connectivity index (χ0) is 20.6. The Hall–Kier alpha value is -3.60. The second-order valence-corrected chi connectivity index (χ2v) is 6.74. The number of benzene rings is 2. The molecule has 0 spiro atoms. The van der Waals surface area contributed by atoms with Crippen molar-refractivity contribution in [2.24, 2.45) is 0 Å². The van der Waals surface area contributed by atoms with Crippen LogP contribution in [0.4, 0.5) is 0 Å². The summed E-state index contributed by atoms with van der Waals surface area (Å²) in [7, 11) is 0. The number of carbonyl (C=O) groups is 2. The highest BCUT2D eigenvalue weighted by molar-refractivity contribution is 6.05. The van der Waals surface area contributed by atoms with E-state index in [0.717, 1.165) is 17.5 Å². The molecule has 0 saturated heterocycles. The number of hydrogen-bond acceptors (Lipinski definition) is 3. The van der Waals surface area contributed by atoms with Crippen molar-refractivity contribution in [3.8, 4) is 0 Å². The summed E-state index contributed by atoms with van der Waals surface area (Å²) in [5.74, 6) is -0.254. The Kier molecular flexibility index (Phi) is 6.63. The summed E-state index contributed by atoms with van der Waals surface area (Å²) >= 11 is 0. The van der Waals surface area contributed by atoms with Gasteiger partial charge in [-0.1, -0.05) is 55.0 Å². The summed E-state index contributed by atoms with van der Waals surface area (Å²) in [4.78, 5) is 25.7. The number of amides is 2. The fourth-order valence-electron chi connectivity index (χ4n) is 2.92. The molecular weight excluding hydrogens is 364 g/mol. The number of carbonyl (C=O) groups excluding carboxylic acids is 2. The number of aryl methyl sites for hydroxylation is 1. The maximum absolute atomic E-state index is 13.0. The highest BCUT2D eigenvalue weighted by atomic mass is 16.3. The molecule has 0 radical (unpaired) electrons.